The maximum Gasteiger partial charge on any atom is 0.191 e. The fourth-order valence-corrected chi connectivity index (χ4v) is 2.46. The highest BCUT2D eigenvalue weighted by atomic mass is 127. The summed E-state index contributed by atoms with van der Waals surface area (Å²) in [5.74, 6) is 1.77. The quantitative estimate of drug-likeness (QED) is 0.360. The lowest BCUT2D eigenvalue weighted by Crippen LogP contribution is -2.38. The van der Waals surface area contributed by atoms with Gasteiger partial charge in [-0.1, -0.05) is 31.2 Å². The number of hydrogen-bond donors (Lipinski definition) is 2. The first-order valence-electron chi connectivity index (χ1n) is 8.15. The van der Waals surface area contributed by atoms with Crippen LogP contribution >= 0.6 is 24.0 Å². The number of nitrogens with one attached hydrogen (secondary N) is 2. The Labute approximate surface area is 166 Å². The van der Waals surface area contributed by atoms with E-state index in [1.165, 1.54) is 11.1 Å². The molecule has 0 spiro atoms. The van der Waals surface area contributed by atoms with Crippen LogP contribution in [0.4, 0.5) is 0 Å². The smallest absolute Gasteiger partial charge is 0.191 e. The molecule has 0 aliphatic heterocycles. The molecule has 0 radical (unpaired) electrons. The van der Waals surface area contributed by atoms with E-state index in [2.05, 4.69) is 44.9 Å². The van der Waals surface area contributed by atoms with Gasteiger partial charge in [0.15, 0.2) is 5.96 Å². The van der Waals surface area contributed by atoms with Crippen molar-refractivity contribution in [1.29, 1.82) is 0 Å². The van der Waals surface area contributed by atoms with Gasteiger partial charge in [0, 0.05) is 40.2 Å². The topological polar surface area (TPSA) is 76.4 Å². The Morgan fingerprint density at radius 3 is 2.68 bits per heavy atom. The van der Waals surface area contributed by atoms with Gasteiger partial charge in [-0.2, -0.15) is 0 Å². The Hall–Kier alpha value is -1.68. The lowest BCUT2D eigenvalue weighted by molar-refractivity contribution is 0.184. The van der Waals surface area contributed by atoms with Gasteiger partial charge in [-0.3, -0.25) is 4.99 Å². The van der Waals surface area contributed by atoms with Crippen LogP contribution in [-0.4, -0.2) is 41.4 Å². The fourth-order valence-electron chi connectivity index (χ4n) is 2.46. The number of aryl methyl sites for hydroxylation is 1. The van der Waals surface area contributed by atoms with Gasteiger partial charge < -0.3 is 19.9 Å². The molecule has 0 atom stereocenters. The number of benzene rings is 1. The molecule has 2 aromatic rings. The van der Waals surface area contributed by atoms with Gasteiger partial charge in [0.25, 0.3) is 0 Å². The minimum atomic E-state index is 0. The Morgan fingerprint density at radius 2 is 2.00 bits per heavy atom. The van der Waals surface area contributed by atoms with Crippen LogP contribution in [0.3, 0.4) is 0 Å². The average molecular weight is 458 g/mol. The van der Waals surface area contributed by atoms with Crippen LogP contribution in [0.25, 0.3) is 0 Å². The molecule has 1 heterocycles. The van der Waals surface area contributed by atoms with Crippen molar-refractivity contribution >= 4 is 29.9 Å². The predicted octanol–water partition coefficient (Wildman–Crippen LogP) is 1.97. The number of rotatable bonds is 8. The van der Waals surface area contributed by atoms with Crippen molar-refractivity contribution in [3.05, 3.63) is 47.5 Å². The molecule has 8 heteroatoms. The van der Waals surface area contributed by atoms with Crippen LogP contribution in [0.1, 0.15) is 23.9 Å². The highest BCUT2D eigenvalue weighted by Gasteiger charge is 2.04. The molecule has 2 rings (SSSR count). The molecule has 0 saturated heterocycles. The molecule has 0 saturated carbocycles. The molecular formula is C17H27IN6O. The highest BCUT2D eigenvalue weighted by molar-refractivity contribution is 14.0. The van der Waals surface area contributed by atoms with E-state index in [4.69, 9.17) is 4.74 Å². The molecule has 2 N–H and O–H groups in total. The van der Waals surface area contributed by atoms with Crippen molar-refractivity contribution in [3.8, 4) is 0 Å². The Bertz CT molecular complexity index is 658. The number of guanidine groups is 1. The van der Waals surface area contributed by atoms with E-state index in [-0.39, 0.29) is 24.0 Å². The van der Waals surface area contributed by atoms with Gasteiger partial charge >= 0.3 is 0 Å². The van der Waals surface area contributed by atoms with E-state index in [0.717, 1.165) is 31.3 Å². The minimum absolute atomic E-state index is 0. The zero-order valence-electron chi connectivity index (χ0n) is 15.0. The van der Waals surface area contributed by atoms with Gasteiger partial charge in [0.05, 0.1) is 6.61 Å². The van der Waals surface area contributed by atoms with Crippen molar-refractivity contribution in [2.45, 2.75) is 33.0 Å². The summed E-state index contributed by atoms with van der Waals surface area (Å²) in [6.45, 7) is 4.94. The molecule has 7 nitrogen and oxygen atoms in total. The van der Waals surface area contributed by atoms with Crippen LogP contribution < -0.4 is 10.6 Å². The molecule has 25 heavy (non-hydrogen) atoms. The zero-order valence-corrected chi connectivity index (χ0v) is 17.4. The summed E-state index contributed by atoms with van der Waals surface area (Å²) in [5, 5.41) is 14.7. The van der Waals surface area contributed by atoms with Gasteiger partial charge in [0.2, 0.25) is 0 Å². The van der Waals surface area contributed by atoms with Gasteiger partial charge in [-0.05, 0) is 11.1 Å². The van der Waals surface area contributed by atoms with Crippen molar-refractivity contribution in [2.75, 3.05) is 20.7 Å². The van der Waals surface area contributed by atoms with Crippen LogP contribution in [0, 0.1) is 0 Å². The number of aromatic nitrogens is 3. The number of aliphatic imine (C=N–C) groups is 1. The Kier molecular flexibility index (Phi) is 10.1. The first kappa shape index (κ1) is 21.4. The van der Waals surface area contributed by atoms with Crippen molar-refractivity contribution in [2.24, 2.45) is 4.99 Å². The first-order valence-corrected chi connectivity index (χ1v) is 8.15. The van der Waals surface area contributed by atoms with Crippen LogP contribution in [0.2, 0.25) is 0 Å². The molecule has 0 aliphatic rings. The fraction of sp³-hybridized carbons (Fsp3) is 0.471. The van der Waals surface area contributed by atoms with E-state index < -0.39 is 0 Å². The Balaban J connectivity index is 0.00000312. The summed E-state index contributed by atoms with van der Waals surface area (Å²) in [5.41, 5.74) is 2.38. The van der Waals surface area contributed by atoms with Crippen LogP contribution in [-0.2, 0) is 30.9 Å². The summed E-state index contributed by atoms with van der Waals surface area (Å²) >= 11 is 0. The zero-order chi connectivity index (χ0) is 17.2. The van der Waals surface area contributed by atoms with E-state index in [0.29, 0.717) is 13.2 Å². The van der Waals surface area contributed by atoms with Gasteiger partial charge in [-0.15, -0.1) is 34.2 Å². The lowest BCUT2D eigenvalue weighted by atomic mass is 10.1. The molecule has 0 fully saturated rings. The normalized spacial score (nSPS) is 11.1. The Morgan fingerprint density at radius 1 is 1.24 bits per heavy atom. The maximum atomic E-state index is 5.24. The standard InChI is InChI=1S/C17H26N6O.HI/c1-4-16-22-21-13-23(16)10-9-19-17(18-2)20-11-14-7-5-6-8-15(14)12-24-3;/h5-8,13H,4,9-12H2,1-3H3,(H2,18,19,20);1H. The molecule has 138 valence electrons. The summed E-state index contributed by atoms with van der Waals surface area (Å²) in [7, 11) is 3.48. The molecule has 0 aliphatic carbocycles. The van der Waals surface area contributed by atoms with E-state index in [1.54, 1.807) is 20.5 Å². The third kappa shape index (κ3) is 6.62. The largest absolute Gasteiger partial charge is 0.380 e. The second-order valence-corrected chi connectivity index (χ2v) is 5.35. The second kappa shape index (κ2) is 11.8. The minimum Gasteiger partial charge on any atom is -0.380 e. The van der Waals surface area contributed by atoms with E-state index in [1.807, 2.05) is 16.7 Å². The number of hydrogen-bond acceptors (Lipinski definition) is 4. The number of methoxy groups -OCH3 is 1. The summed E-state index contributed by atoms with van der Waals surface area (Å²) < 4.78 is 7.29. The molecular weight excluding hydrogens is 431 g/mol. The average Bonchev–Trinajstić information content (AvgIpc) is 3.07. The van der Waals surface area contributed by atoms with Crippen molar-refractivity contribution in [1.82, 2.24) is 25.4 Å². The van der Waals surface area contributed by atoms with Gasteiger partial charge in [-0.25, -0.2) is 0 Å². The van der Waals surface area contributed by atoms with Crippen LogP contribution in [0.5, 0.6) is 0 Å². The SMILES string of the molecule is CCc1nncn1CCNC(=NC)NCc1ccccc1COC.I. The van der Waals surface area contributed by atoms with Crippen molar-refractivity contribution < 1.29 is 4.74 Å². The molecule has 1 aromatic heterocycles. The molecule has 0 unspecified atom stereocenters. The molecule has 0 bridgehead atoms. The first-order chi connectivity index (χ1) is 11.8. The summed E-state index contributed by atoms with van der Waals surface area (Å²) in [4.78, 5) is 4.26. The number of nitrogens with zero attached hydrogens (tertiary/aromatic N) is 4. The second-order valence-electron chi connectivity index (χ2n) is 5.35. The highest BCUT2D eigenvalue weighted by Crippen LogP contribution is 2.09. The van der Waals surface area contributed by atoms with Crippen LogP contribution in [0.15, 0.2) is 35.6 Å². The predicted molar refractivity (Wildman–Crippen MR) is 110 cm³/mol. The van der Waals surface area contributed by atoms with E-state index >= 15 is 0 Å². The third-order valence-corrected chi connectivity index (χ3v) is 3.75. The summed E-state index contributed by atoms with van der Waals surface area (Å²) in [6, 6.07) is 8.23. The van der Waals surface area contributed by atoms with E-state index in [9.17, 15) is 0 Å². The number of halogens is 1. The van der Waals surface area contributed by atoms with Crippen molar-refractivity contribution in [3.63, 3.8) is 0 Å². The monoisotopic (exact) mass is 458 g/mol. The maximum absolute atomic E-state index is 5.24. The molecule has 1 aromatic carbocycles. The van der Waals surface area contributed by atoms with Gasteiger partial charge in [0.1, 0.15) is 12.2 Å². The lowest BCUT2D eigenvalue weighted by Gasteiger charge is -2.14. The molecule has 0 amide bonds. The summed E-state index contributed by atoms with van der Waals surface area (Å²) in [6.07, 6.45) is 2.64. The third-order valence-electron chi connectivity index (χ3n) is 3.75. The number of ether oxygens (including phenoxy) is 1.